The lowest BCUT2D eigenvalue weighted by Gasteiger charge is -2.16. The predicted octanol–water partition coefficient (Wildman–Crippen LogP) is 2.93. The van der Waals surface area contributed by atoms with Crippen LogP contribution >= 0.6 is 0 Å². The lowest BCUT2D eigenvalue weighted by atomic mass is 10.1. The number of hydrogen-bond acceptors (Lipinski definition) is 8. The number of nitrogen functional groups attached to an aromatic ring is 1. The molecule has 4 rings (SSSR count). The molecule has 1 aliphatic heterocycles. The van der Waals surface area contributed by atoms with Crippen LogP contribution in [-0.2, 0) is 0 Å². The van der Waals surface area contributed by atoms with Crippen molar-refractivity contribution in [2.75, 3.05) is 52.0 Å². The van der Waals surface area contributed by atoms with Crippen LogP contribution in [0, 0.1) is 17.6 Å². The second-order valence-corrected chi connectivity index (χ2v) is 7.60. The highest BCUT2D eigenvalue weighted by Crippen LogP contribution is 2.38. The molecule has 0 bridgehead atoms. The maximum atomic E-state index is 15.1. The van der Waals surface area contributed by atoms with Crippen molar-refractivity contribution in [3.05, 3.63) is 30.0 Å². The summed E-state index contributed by atoms with van der Waals surface area (Å²) in [5.74, 6) is -1.13. The third-order valence-electron chi connectivity index (χ3n) is 5.46. The molecule has 0 saturated carbocycles. The second-order valence-electron chi connectivity index (χ2n) is 7.60. The number of likely N-dealkylation sites (tertiary alicyclic amines) is 1. The van der Waals surface area contributed by atoms with E-state index in [-0.39, 0.29) is 28.7 Å². The molecule has 0 amide bonds. The predicted molar refractivity (Wildman–Crippen MR) is 114 cm³/mol. The monoisotopic (exact) mass is 430 g/mol. The molecule has 1 aromatic carbocycles. The summed E-state index contributed by atoms with van der Waals surface area (Å²) in [4.78, 5) is 15.0. The summed E-state index contributed by atoms with van der Waals surface area (Å²) in [7, 11) is 4.68. The molecule has 8 nitrogen and oxygen atoms in total. The molecule has 1 atom stereocenters. The standard InChI is InChI=1S/C21H24F2N6O2/c1-29-5-4-11(10-29)8-25-20-19-12(9-26-21(24)28-19)6-13(27-20)16-17(22)14(30-2)7-15(31-3)18(16)23/h6-7,9,11H,4-5,8,10H2,1-3H3,(H,25,27)(H2,24,26,28)/t11-/m0/s1. The molecule has 31 heavy (non-hydrogen) atoms. The number of anilines is 2. The van der Waals surface area contributed by atoms with Gasteiger partial charge >= 0.3 is 0 Å². The fourth-order valence-corrected chi connectivity index (χ4v) is 3.85. The Balaban J connectivity index is 1.83. The Labute approximate surface area is 178 Å². The van der Waals surface area contributed by atoms with Crippen LogP contribution in [0.2, 0.25) is 0 Å². The van der Waals surface area contributed by atoms with E-state index in [0.29, 0.717) is 29.2 Å². The lowest BCUT2D eigenvalue weighted by Crippen LogP contribution is -2.19. The largest absolute Gasteiger partial charge is 0.494 e. The topological polar surface area (TPSA) is 98.4 Å². The van der Waals surface area contributed by atoms with Gasteiger partial charge in [0, 0.05) is 30.7 Å². The molecule has 3 heterocycles. The molecular weight excluding hydrogens is 406 g/mol. The van der Waals surface area contributed by atoms with Gasteiger partial charge in [0.05, 0.1) is 25.5 Å². The molecule has 3 N–H and O–H groups in total. The van der Waals surface area contributed by atoms with E-state index in [9.17, 15) is 0 Å². The van der Waals surface area contributed by atoms with Gasteiger partial charge in [0.2, 0.25) is 5.95 Å². The number of pyridine rings is 1. The molecule has 10 heteroatoms. The van der Waals surface area contributed by atoms with Crippen LogP contribution in [-0.4, -0.2) is 60.8 Å². The first kappa shape index (κ1) is 21.0. The maximum absolute atomic E-state index is 15.1. The van der Waals surface area contributed by atoms with Crippen molar-refractivity contribution in [3.8, 4) is 22.8 Å². The average Bonchev–Trinajstić information content (AvgIpc) is 3.17. The summed E-state index contributed by atoms with van der Waals surface area (Å²) in [6.07, 6.45) is 2.55. The number of benzene rings is 1. The van der Waals surface area contributed by atoms with Crippen molar-refractivity contribution < 1.29 is 18.3 Å². The Morgan fingerprint density at radius 3 is 2.48 bits per heavy atom. The van der Waals surface area contributed by atoms with Crippen LogP contribution in [0.5, 0.6) is 11.5 Å². The van der Waals surface area contributed by atoms with Gasteiger partial charge in [-0.05, 0) is 32.0 Å². The number of methoxy groups -OCH3 is 2. The van der Waals surface area contributed by atoms with Gasteiger partial charge in [-0.2, -0.15) is 0 Å². The number of nitrogens with zero attached hydrogens (tertiary/aromatic N) is 4. The van der Waals surface area contributed by atoms with Crippen molar-refractivity contribution in [3.63, 3.8) is 0 Å². The van der Waals surface area contributed by atoms with Crippen molar-refractivity contribution in [2.24, 2.45) is 5.92 Å². The summed E-state index contributed by atoms with van der Waals surface area (Å²) in [5.41, 5.74) is 5.97. The summed E-state index contributed by atoms with van der Waals surface area (Å²) in [5, 5.41) is 3.84. The number of nitrogens with one attached hydrogen (secondary N) is 1. The van der Waals surface area contributed by atoms with Crippen LogP contribution < -0.4 is 20.5 Å². The molecule has 0 aliphatic carbocycles. The number of halogens is 2. The number of nitrogens with two attached hydrogens (primary N) is 1. The summed E-state index contributed by atoms with van der Waals surface area (Å²) >= 11 is 0. The van der Waals surface area contributed by atoms with E-state index in [4.69, 9.17) is 15.2 Å². The van der Waals surface area contributed by atoms with Gasteiger partial charge in [-0.15, -0.1) is 0 Å². The Hall–Kier alpha value is -3.27. The number of ether oxygens (including phenoxy) is 2. The van der Waals surface area contributed by atoms with Crippen LogP contribution in [0.4, 0.5) is 20.5 Å². The number of rotatable bonds is 6. The zero-order valence-electron chi connectivity index (χ0n) is 17.6. The van der Waals surface area contributed by atoms with Gasteiger partial charge in [-0.3, -0.25) is 0 Å². The smallest absolute Gasteiger partial charge is 0.220 e. The molecule has 3 aromatic rings. The van der Waals surface area contributed by atoms with Gasteiger partial charge in [0.1, 0.15) is 5.52 Å². The number of aromatic nitrogens is 3. The minimum atomic E-state index is -0.868. The molecule has 1 aliphatic rings. The molecule has 0 unspecified atom stereocenters. The first-order valence-electron chi connectivity index (χ1n) is 9.87. The molecule has 1 saturated heterocycles. The summed E-state index contributed by atoms with van der Waals surface area (Å²) in [6, 6.07) is 2.68. The number of fused-ring (bicyclic) bond motifs is 1. The first-order chi connectivity index (χ1) is 14.9. The normalized spacial score (nSPS) is 16.6. The minimum absolute atomic E-state index is 0.0686. The van der Waals surface area contributed by atoms with E-state index in [1.807, 2.05) is 0 Å². The first-order valence-corrected chi connectivity index (χ1v) is 9.87. The van der Waals surface area contributed by atoms with Gasteiger partial charge < -0.3 is 25.4 Å². The van der Waals surface area contributed by atoms with Gasteiger partial charge in [0.15, 0.2) is 29.0 Å². The molecule has 2 aromatic heterocycles. The van der Waals surface area contributed by atoms with Crippen LogP contribution in [0.15, 0.2) is 18.3 Å². The SMILES string of the molecule is COc1cc(OC)c(F)c(-c2cc3cnc(N)nc3c(NC[C@@H]3CCN(C)C3)n2)c1F. The Morgan fingerprint density at radius 1 is 1.16 bits per heavy atom. The van der Waals surface area contributed by atoms with E-state index in [1.165, 1.54) is 26.5 Å². The Bertz CT molecular complexity index is 1100. The second kappa shape index (κ2) is 8.46. The average molecular weight is 430 g/mol. The van der Waals surface area contributed by atoms with Crippen LogP contribution in [0.25, 0.3) is 22.2 Å². The molecular formula is C21H24F2N6O2. The lowest BCUT2D eigenvalue weighted by molar-refractivity contribution is 0.359. The summed E-state index contributed by atoms with van der Waals surface area (Å²) < 4.78 is 40.2. The zero-order chi connectivity index (χ0) is 22.1. The van der Waals surface area contributed by atoms with Crippen molar-refractivity contribution in [1.29, 1.82) is 0 Å². The van der Waals surface area contributed by atoms with Gasteiger partial charge in [0.25, 0.3) is 0 Å². The highest BCUT2D eigenvalue weighted by Gasteiger charge is 2.25. The van der Waals surface area contributed by atoms with E-state index >= 15 is 8.78 Å². The van der Waals surface area contributed by atoms with Crippen LogP contribution in [0.1, 0.15) is 6.42 Å². The van der Waals surface area contributed by atoms with Crippen molar-refractivity contribution >= 4 is 22.7 Å². The zero-order valence-corrected chi connectivity index (χ0v) is 17.6. The Kier molecular flexibility index (Phi) is 5.73. The third-order valence-corrected chi connectivity index (χ3v) is 5.46. The maximum Gasteiger partial charge on any atom is 0.220 e. The quantitative estimate of drug-likeness (QED) is 0.616. The molecule has 1 fully saturated rings. The van der Waals surface area contributed by atoms with E-state index in [1.54, 1.807) is 0 Å². The fraction of sp³-hybridized carbons (Fsp3) is 0.381. The third kappa shape index (κ3) is 4.02. The highest BCUT2D eigenvalue weighted by molar-refractivity contribution is 5.91. The van der Waals surface area contributed by atoms with Crippen molar-refractivity contribution in [2.45, 2.75) is 6.42 Å². The molecule has 0 radical (unpaired) electrons. The van der Waals surface area contributed by atoms with Crippen LogP contribution in [0.3, 0.4) is 0 Å². The van der Waals surface area contributed by atoms with Crippen molar-refractivity contribution in [1.82, 2.24) is 19.9 Å². The fourth-order valence-electron chi connectivity index (χ4n) is 3.85. The van der Waals surface area contributed by atoms with E-state index < -0.39 is 11.6 Å². The Morgan fingerprint density at radius 2 is 1.87 bits per heavy atom. The minimum Gasteiger partial charge on any atom is -0.494 e. The highest BCUT2D eigenvalue weighted by atomic mass is 19.1. The van der Waals surface area contributed by atoms with Gasteiger partial charge in [-0.1, -0.05) is 0 Å². The van der Waals surface area contributed by atoms with E-state index in [2.05, 4.69) is 32.2 Å². The number of hydrogen-bond donors (Lipinski definition) is 2. The summed E-state index contributed by atoms with van der Waals surface area (Å²) in [6.45, 7) is 2.62. The van der Waals surface area contributed by atoms with E-state index in [0.717, 1.165) is 25.6 Å². The molecule has 0 spiro atoms. The van der Waals surface area contributed by atoms with Gasteiger partial charge in [-0.25, -0.2) is 23.7 Å². The molecule has 164 valence electrons.